The molecule has 0 heterocycles. The molecule has 0 saturated heterocycles. The molecule has 164 valence electrons. The number of nitrogens with zero attached hydrogens (tertiary/aromatic N) is 1. The largest absolute Gasteiger partial charge is 0.416 e. The molecule has 0 spiro atoms. The first-order valence-corrected chi connectivity index (χ1v) is 10.7. The summed E-state index contributed by atoms with van der Waals surface area (Å²) in [4.78, 5) is 14.1. The molecule has 0 radical (unpaired) electrons. The lowest BCUT2D eigenvalue weighted by Gasteiger charge is -2.20. The molecule has 0 aliphatic rings. The maximum Gasteiger partial charge on any atom is 0.416 e. The van der Waals surface area contributed by atoms with Gasteiger partial charge in [-0.15, -0.1) is 0 Å². The molecule has 0 saturated carbocycles. The third kappa shape index (κ3) is 5.73. The van der Waals surface area contributed by atoms with E-state index in [1.165, 1.54) is 30.3 Å². The van der Waals surface area contributed by atoms with Crippen molar-refractivity contribution in [2.45, 2.75) is 37.4 Å². The Labute approximate surface area is 174 Å². The van der Waals surface area contributed by atoms with Gasteiger partial charge < -0.3 is 10.2 Å². The standard InChI is InChI=1S/C20H24F3N3O3S/c1-5-13(2)25-30(28,29)16-9-6-14(7-10-16)19(27)24-17-12-15(20(21,22)23)8-11-18(17)26(3)4/h6-13,25H,5H2,1-4H3,(H,24,27). The van der Waals surface area contributed by atoms with Crippen LogP contribution in [0, 0.1) is 0 Å². The number of amides is 1. The number of carbonyl (C=O) groups excluding carboxylic acids is 1. The van der Waals surface area contributed by atoms with Gasteiger partial charge in [-0.05, 0) is 55.8 Å². The van der Waals surface area contributed by atoms with Crippen molar-refractivity contribution in [3.63, 3.8) is 0 Å². The Morgan fingerprint density at radius 1 is 1.10 bits per heavy atom. The molecule has 2 aromatic carbocycles. The predicted molar refractivity (Wildman–Crippen MR) is 110 cm³/mol. The number of hydrogen-bond acceptors (Lipinski definition) is 4. The molecule has 6 nitrogen and oxygen atoms in total. The fourth-order valence-corrected chi connectivity index (χ4v) is 3.93. The third-order valence-corrected chi connectivity index (χ3v) is 6.05. The third-order valence-electron chi connectivity index (χ3n) is 4.45. The minimum absolute atomic E-state index is 0.00467. The number of anilines is 2. The Bertz CT molecular complexity index is 1000. The zero-order chi connectivity index (χ0) is 22.7. The molecule has 2 N–H and O–H groups in total. The van der Waals surface area contributed by atoms with Gasteiger partial charge in [-0.1, -0.05) is 6.92 Å². The van der Waals surface area contributed by atoms with Crippen molar-refractivity contribution in [2.24, 2.45) is 0 Å². The molecular weight excluding hydrogens is 419 g/mol. The number of halogens is 3. The zero-order valence-corrected chi connectivity index (χ0v) is 17.9. The van der Waals surface area contributed by atoms with Gasteiger partial charge in [0.25, 0.3) is 5.91 Å². The van der Waals surface area contributed by atoms with E-state index in [0.717, 1.165) is 12.1 Å². The van der Waals surface area contributed by atoms with Crippen molar-refractivity contribution < 1.29 is 26.4 Å². The molecule has 2 aromatic rings. The average molecular weight is 443 g/mol. The number of alkyl halides is 3. The van der Waals surface area contributed by atoms with E-state index in [1.807, 2.05) is 6.92 Å². The average Bonchev–Trinajstić information content (AvgIpc) is 2.66. The normalized spacial score (nSPS) is 13.0. The van der Waals surface area contributed by atoms with Gasteiger partial charge in [0.1, 0.15) is 0 Å². The highest BCUT2D eigenvalue weighted by Crippen LogP contribution is 2.35. The summed E-state index contributed by atoms with van der Waals surface area (Å²) in [5, 5.41) is 2.47. The Kier molecular flexibility index (Phi) is 7.14. The molecule has 30 heavy (non-hydrogen) atoms. The van der Waals surface area contributed by atoms with Crippen LogP contribution in [0.3, 0.4) is 0 Å². The first-order valence-electron chi connectivity index (χ1n) is 9.17. The van der Waals surface area contributed by atoms with Crippen molar-refractivity contribution in [1.82, 2.24) is 4.72 Å². The summed E-state index contributed by atoms with van der Waals surface area (Å²) in [5.41, 5.74) is -0.385. The second-order valence-corrected chi connectivity index (χ2v) is 8.75. The maximum absolute atomic E-state index is 13.0. The Balaban J connectivity index is 2.28. The molecule has 10 heteroatoms. The van der Waals surface area contributed by atoms with Crippen LogP contribution in [0.1, 0.15) is 36.2 Å². The molecule has 0 bridgehead atoms. The topological polar surface area (TPSA) is 78.5 Å². The number of sulfonamides is 1. The highest BCUT2D eigenvalue weighted by atomic mass is 32.2. The van der Waals surface area contributed by atoms with E-state index in [4.69, 9.17) is 0 Å². The highest BCUT2D eigenvalue weighted by Gasteiger charge is 2.31. The summed E-state index contributed by atoms with van der Waals surface area (Å²) in [5.74, 6) is -0.656. The molecule has 0 fully saturated rings. The van der Waals surface area contributed by atoms with Gasteiger partial charge in [-0.2, -0.15) is 13.2 Å². The lowest BCUT2D eigenvalue weighted by molar-refractivity contribution is -0.137. The zero-order valence-electron chi connectivity index (χ0n) is 17.0. The molecule has 0 aliphatic carbocycles. The minimum atomic E-state index is -4.55. The Hall–Kier alpha value is -2.59. The van der Waals surface area contributed by atoms with Crippen LogP contribution in [-0.2, 0) is 16.2 Å². The molecule has 0 aromatic heterocycles. The summed E-state index contributed by atoms with van der Waals surface area (Å²) in [6.45, 7) is 3.58. The number of nitrogens with one attached hydrogen (secondary N) is 2. The van der Waals surface area contributed by atoms with Crippen molar-refractivity contribution in [1.29, 1.82) is 0 Å². The number of carbonyl (C=O) groups is 1. The van der Waals surface area contributed by atoms with E-state index >= 15 is 0 Å². The van der Waals surface area contributed by atoms with Gasteiger partial charge in [-0.3, -0.25) is 4.79 Å². The fourth-order valence-electron chi connectivity index (χ4n) is 2.60. The Morgan fingerprint density at radius 3 is 2.20 bits per heavy atom. The van der Waals surface area contributed by atoms with Gasteiger partial charge >= 0.3 is 6.18 Å². The number of hydrogen-bond donors (Lipinski definition) is 2. The van der Waals surface area contributed by atoms with Crippen LogP contribution in [0.25, 0.3) is 0 Å². The summed E-state index contributed by atoms with van der Waals surface area (Å²) < 4.78 is 66.2. The van der Waals surface area contributed by atoms with Crippen LogP contribution < -0.4 is 14.9 Å². The van der Waals surface area contributed by atoms with E-state index in [1.54, 1.807) is 25.9 Å². The highest BCUT2D eigenvalue weighted by molar-refractivity contribution is 7.89. The lowest BCUT2D eigenvalue weighted by atomic mass is 10.1. The number of benzene rings is 2. The van der Waals surface area contributed by atoms with E-state index in [2.05, 4.69) is 10.0 Å². The van der Waals surface area contributed by atoms with Crippen molar-refractivity contribution in [3.05, 3.63) is 53.6 Å². The molecular formula is C20H24F3N3O3S. The van der Waals surface area contributed by atoms with Crippen molar-refractivity contribution in [2.75, 3.05) is 24.3 Å². The van der Waals surface area contributed by atoms with E-state index in [0.29, 0.717) is 12.1 Å². The molecule has 1 atom stereocenters. The summed E-state index contributed by atoms with van der Waals surface area (Å²) in [7, 11) is -0.444. The van der Waals surface area contributed by atoms with Crippen molar-refractivity contribution >= 4 is 27.3 Å². The first kappa shape index (κ1) is 23.7. The van der Waals surface area contributed by atoms with Crippen LogP contribution in [0.4, 0.5) is 24.5 Å². The molecule has 1 amide bonds. The Morgan fingerprint density at radius 2 is 1.70 bits per heavy atom. The van der Waals surface area contributed by atoms with Crippen LogP contribution in [0.2, 0.25) is 0 Å². The second-order valence-electron chi connectivity index (χ2n) is 7.03. The van der Waals surface area contributed by atoms with Crippen LogP contribution >= 0.6 is 0 Å². The predicted octanol–water partition coefficient (Wildman–Crippen LogP) is 4.10. The van der Waals surface area contributed by atoms with Crippen LogP contribution in [0.15, 0.2) is 47.4 Å². The minimum Gasteiger partial charge on any atom is -0.376 e. The fraction of sp³-hybridized carbons (Fsp3) is 0.350. The summed E-state index contributed by atoms with van der Waals surface area (Å²) in [6.07, 6.45) is -3.94. The van der Waals surface area contributed by atoms with Gasteiger partial charge in [0.2, 0.25) is 10.0 Å². The van der Waals surface area contributed by atoms with Crippen LogP contribution in [0.5, 0.6) is 0 Å². The molecule has 0 aliphatic heterocycles. The molecule has 2 rings (SSSR count). The van der Waals surface area contributed by atoms with E-state index in [9.17, 15) is 26.4 Å². The SMILES string of the molecule is CCC(C)NS(=O)(=O)c1ccc(C(=O)Nc2cc(C(F)(F)F)ccc2N(C)C)cc1. The smallest absolute Gasteiger partial charge is 0.376 e. The number of rotatable bonds is 7. The van der Waals surface area contributed by atoms with Gasteiger partial charge in [-0.25, -0.2) is 13.1 Å². The summed E-state index contributed by atoms with van der Waals surface area (Å²) >= 11 is 0. The maximum atomic E-state index is 13.0. The van der Waals surface area contributed by atoms with E-state index < -0.39 is 27.7 Å². The van der Waals surface area contributed by atoms with Crippen molar-refractivity contribution in [3.8, 4) is 0 Å². The monoisotopic (exact) mass is 443 g/mol. The van der Waals surface area contributed by atoms with Gasteiger partial charge in [0.05, 0.1) is 21.8 Å². The second kappa shape index (κ2) is 9.05. The van der Waals surface area contributed by atoms with Gasteiger partial charge in [0.15, 0.2) is 0 Å². The van der Waals surface area contributed by atoms with Crippen LogP contribution in [-0.4, -0.2) is 34.5 Å². The van der Waals surface area contributed by atoms with E-state index in [-0.39, 0.29) is 22.2 Å². The first-order chi connectivity index (χ1) is 13.8. The van der Waals surface area contributed by atoms with Gasteiger partial charge in [0, 0.05) is 25.7 Å². The quantitative estimate of drug-likeness (QED) is 0.675. The lowest BCUT2D eigenvalue weighted by Crippen LogP contribution is -2.32. The summed E-state index contributed by atoms with van der Waals surface area (Å²) in [6, 6.07) is 8.00. The molecule has 1 unspecified atom stereocenters.